The van der Waals surface area contributed by atoms with E-state index in [9.17, 15) is 9.59 Å². The Bertz CT molecular complexity index is 681. The van der Waals surface area contributed by atoms with Gasteiger partial charge in [0.1, 0.15) is 6.10 Å². The quantitative estimate of drug-likeness (QED) is 0.288. The average molecular weight is 403 g/mol. The lowest BCUT2D eigenvalue weighted by molar-refractivity contribution is -0.171. The highest BCUT2D eigenvalue weighted by Crippen LogP contribution is 2.69. The van der Waals surface area contributed by atoms with Crippen molar-refractivity contribution >= 4 is 11.9 Å². The summed E-state index contributed by atoms with van der Waals surface area (Å²) in [6, 6.07) is 0. The zero-order chi connectivity index (χ0) is 20.1. The summed E-state index contributed by atoms with van der Waals surface area (Å²) in [5, 5.41) is 0. The minimum Gasteiger partial charge on any atom is -0.459 e. The molecule has 0 saturated heterocycles. The molecular weight excluding hydrogens is 368 g/mol. The van der Waals surface area contributed by atoms with Crippen LogP contribution in [0.15, 0.2) is 12.2 Å². The third-order valence-corrected chi connectivity index (χ3v) is 8.72. The second-order valence-corrected chi connectivity index (χ2v) is 10.3. The maximum Gasteiger partial charge on any atom is 0.333 e. The lowest BCUT2D eigenvalue weighted by atomic mass is 9.67. The Labute approximate surface area is 173 Å². The monoisotopic (exact) mass is 402 g/mol. The van der Waals surface area contributed by atoms with E-state index < -0.39 is 0 Å². The average Bonchev–Trinajstić information content (AvgIpc) is 3.47. The highest BCUT2D eigenvalue weighted by molar-refractivity contribution is 5.87. The lowest BCUT2D eigenvalue weighted by Gasteiger charge is -2.40. The van der Waals surface area contributed by atoms with Crippen LogP contribution in [-0.4, -0.2) is 30.9 Å². The van der Waals surface area contributed by atoms with Crippen LogP contribution < -0.4 is 0 Å². The summed E-state index contributed by atoms with van der Waals surface area (Å²) in [7, 11) is 0. The molecule has 5 saturated carbocycles. The van der Waals surface area contributed by atoms with Gasteiger partial charge in [0.2, 0.25) is 0 Å². The van der Waals surface area contributed by atoms with Gasteiger partial charge in [0.15, 0.2) is 6.79 Å². The molecule has 8 atom stereocenters. The van der Waals surface area contributed by atoms with Crippen molar-refractivity contribution in [3.8, 4) is 0 Å². The predicted octanol–water partition coefficient (Wildman–Crippen LogP) is 4.25. The molecule has 0 heterocycles. The van der Waals surface area contributed by atoms with Gasteiger partial charge >= 0.3 is 11.9 Å². The molecule has 0 aromatic rings. The van der Waals surface area contributed by atoms with Crippen molar-refractivity contribution in [2.45, 2.75) is 76.9 Å². The molecule has 5 fully saturated rings. The number of rotatable bonds is 6. The first-order valence-corrected chi connectivity index (χ1v) is 11.7. The number of fused-ring (bicyclic) bond motifs is 9. The Morgan fingerprint density at radius 2 is 1.66 bits per heavy atom. The lowest BCUT2D eigenvalue weighted by Crippen LogP contribution is -2.41. The predicted molar refractivity (Wildman–Crippen MR) is 107 cm³/mol. The summed E-state index contributed by atoms with van der Waals surface area (Å²) < 4.78 is 17.2. The molecule has 4 bridgehead atoms. The van der Waals surface area contributed by atoms with Crippen LogP contribution in [0.1, 0.15) is 64.7 Å². The molecule has 29 heavy (non-hydrogen) atoms. The summed E-state index contributed by atoms with van der Waals surface area (Å²) in [6.45, 7) is 5.53. The van der Waals surface area contributed by atoms with Crippen molar-refractivity contribution in [1.29, 1.82) is 0 Å². The fourth-order valence-electron chi connectivity index (χ4n) is 7.71. The molecule has 0 aliphatic heterocycles. The van der Waals surface area contributed by atoms with E-state index >= 15 is 0 Å². The number of hydrogen-bond donors (Lipinski definition) is 0. The van der Waals surface area contributed by atoms with Crippen LogP contribution in [0.25, 0.3) is 0 Å². The molecule has 0 N–H and O–H groups in total. The van der Waals surface area contributed by atoms with Crippen LogP contribution in [0.5, 0.6) is 0 Å². The Morgan fingerprint density at radius 3 is 2.41 bits per heavy atom. The van der Waals surface area contributed by atoms with E-state index in [1.54, 1.807) is 6.92 Å². The Kier molecular flexibility index (Phi) is 5.21. The fraction of sp³-hybridized carbons (Fsp3) is 0.833. The maximum atomic E-state index is 12.8. The molecule has 5 aliphatic carbocycles. The second-order valence-electron chi connectivity index (χ2n) is 10.3. The van der Waals surface area contributed by atoms with Crippen molar-refractivity contribution in [2.24, 2.45) is 41.4 Å². The number of esters is 2. The number of carbonyl (C=O) groups is 2. The third kappa shape index (κ3) is 3.43. The van der Waals surface area contributed by atoms with Gasteiger partial charge in [-0.3, -0.25) is 4.79 Å². The van der Waals surface area contributed by atoms with Crippen LogP contribution in [0.3, 0.4) is 0 Å². The van der Waals surface area contributed by atoms with E-state index in [1.807, 2.05) is 0 Å². The van der Waals surface area contributed by atoms with Gasteiger partial charge in [0.25, 0.3) is 0 Å². The second kappa shape index (κ2) is 7.72. The minimum absolute atomic E-state index is 0.00745. The molecule has 0 aromatic heterocycles. The molecule has 5 rings (SSSR count). The Morgan fingerprint density at radius 1 is 0.931 bits per heavy atom. The van der Waals surface area contributed by atoms with Crippen molar-refractivity contribution in [3.63, 3.8) is 0 Å². The molecule has 0 amide bonds. The maximum absolute atomic E-state index is 12.8. The fourth-order valence-corrected chi connectivity index (χ4v) is 7.71. The standard InChI is InChI=1S/C24H34O5/c1-13(2)23(25)29-20-11-15-10-19(20)22-17-8-14(21(15)22)9-18(17)24(26)28-12-27-16-6-4-3-5-7-16/h14-22H,1,3-12H2,2H3. The van der Waals surface area contributed by atoms with Crippen LogP contribution in [0.4, 0.5) is 0 Å². The number of hydrogen-bond acceptors (Lipinski definition) is 5. The smallest absolute Gasteiger partial charge is 0.333 e. The molecule has 5 aliphatic rings. The Balaban J connectivity index is 1.17. The van der Waals surface area contributed by atoms with Crippen LogP contribution in [-0.2, 0) is 23.8 Å². The summed E-state index contributed by atoms with van der Waals surface area (Å²) in [5.74, 6) is 3.05. The van der Waals surface area contributed by atoms with Gasteiger partial charge in [-0.2, -0.15) is 0 Å². The summed E-state index contributed by atoms with van der Waals surface area (Å²) >= 11 is 0. The first-order chi connectivity index (χ1) is 14.0. The van der Waals surface area contributed by atoms with Crippen LogP contribution in [0, 0.1) is 41.4 Å². The molecule has 160 valence electrons. The SMILES string of the molecule is C=C(C)C(=O)OC1CC2CC1C1C3CC(CC3C(=O)OCOC3CCCCC3)C21. The zero-order valence-electron chi connectivity index (χ0n) is 17.5. The molecule has 8 unspecified atom stereocenters. The van der Waals surface area contributed by atoms with Gasteiger partial charge in [-0.05, 0) is 81.0 Å². The van der Waals surface area contributed by atoms with Crippen LogP contribution in [0.2, 0.25) is 0 Å². The van der Waals surface area contributed by atoms with E-state index in [1.165, 1.54) is 19.3 Å². The van der Waals surface area contributed by atoms with Gasteiger partial charge in [-0.15, -0.1) is 0 Å². The van der Waals surface area contributed by atoms with Crippen molar-refractivity contribution < 1.29 is 23.8 Å². The molecule has 0 radical (unpaired) electrons. The number of ether oxygens (including phenoxy) is 3. The van der Waals surface area contributed by atoms with E-state index in [0.717, 1.165) is 44.4 Å². The van der Waals surface area contributed by atoms with Gasteiger partial charge in [0.05, 0.1) is 12.0 Å². The first-order valence-electron chi connectivity index (χ1n) is 11.7. The van der Waals surface area contributed by atoms with E-state index in [4.69, 9.17) is 14.2 Å². The largest absolute Gasteiger partial charge is 0.459 e. The molecular formula is C24H34O5. The summed E-state index contributed by atoms with van der Waals surface area (Å²) in [4.78, 5) is 24.9. The van der Waals surface area contributed by atoms with Crippen molar-refractivity contribution in [2.75, 3.05) is 6.79 Å². The van der Waals surface area contributed by atoms with Crippen molar-refractivity contribution in [3.05, 3.63) is 12.2 Å². The van der Waals surface area contributed by atoms with Crippen LogP contribution >= 0.6 is 0 Å². The highest BCUT2D eigenvalue weighted by Gasteiger charge is 2.66. The van der Waals surface area contributed by atoms with E-state index in [0.29, 0.717) is 35.2 Å². The van der Waals surface area contributed by atoms with Gasteiger partial charge in [-0.25, -0.2) is 4.79 Å². The highest BCUT2D eigenvalue weighted by atomic mass is 16.7. The molecule has 5 heteroatoms. The summed E-state index contributed by atoms with van der Waals surface area (Å²) in [5.41, 5.74) is 0.469. The van der Waals surface area contributed by atoms with Gasteiger partial charge in [0, 0.05) is 5.57 Å². The van der Waals surface area contributed by atoms with Crippen molar-refractivity contribution in [1.82, 2.24) is 0 Å². The Hall–Kier alpha value is -1.36. The summed E-state index contributed by atoms with van der Waals surface area (Å²) in [6.07, 6.45) is 10.4. The zero-order valence-corrected chi connectivity index (χ0v) is 17.5. The molecule has 0 spiro atoms. The minimum atomic E-state index is -0.266. The van der Waals surface area contributed by atoms with Gasteiger partial charge < -0.3 is 14.2 Å². The van der Waals surface area contributed by atoms with Gasteiger partial charge in [-0.1, -0.05) is 25.8 Å². The first kappa shape index (κ1) is 19.6. The molecule has 5 nitrogen and oxygen atoms in total. The van der Waals surface area contributed by atoms with E-state index in [2.05, 4.69) is 6.58 Å². The number of carbonyl (C=O) groups excluding carboxylic acids is 2. The van der Waals surface area contributed by atoms with E-state index in [-0.39, 0.29) is 36.9 Å². The normalized spacial score (nSPS) is 42.7. The topological polar surface area (TPSA) is 61.8 Å². The third-order valence-electron chi connectivity index (χ3n) is 8.72. The molecule has 0 aromatic carbocycles.